The summed E-state index contributed by atoms with van der Waals surface area (Å²) in [5.74, 6) is -0.0198. The summed E-state index contributed by atoms with van der Waals surface area (Å²) in [5, 5.41) is 2.94. The van der Waals surface area contributed by atoms with Crippen LogP contribution >= 0.6 is 0 Å². The van der Waals surface area contributed by atoms with Gasteiger partial charge in [0, 0.05) is 52.6 Å². The van der Waals surface area contributed by atoms with Gasteiger partial charge in [-0.2, -0.15) is 0 Å². The molecule has 1 N–H and O–H groups in total. The minimum atomic E-state index is -0.00991. The highest BCUT2D eigenvalue weighted by Crippen LogP contribution is 2.11. The molecule has 0 aromatic heterocycles. The standard InChI is InChI=1S/C19H29N3O3/c1-16-5-3-4-6-18(16)15-22(17(2)23)9-7-19(24)20-8-10-21-11-13-25-14-12-21/h3-6H,7-15H2,1-2H3,(H,20,24). The molecule has 1 aromatic carbocycles. The number of carbonyl (C=O) groups excluding carboxylic acids is 2. The van der Waals surface area contributed by atoms with Crippen LogP contribution in [-0.2, 0) is 20.9 Å². The molecule has 1 aromatic rings. The lowest BCUT2D eigenvalue weighted by atomic mass is 10.1. The Hall–Kier alpha value is -1.92. The number of ether oxygens (including phenoxy) is 1. The summed E-state index contributed by atoms with van der Waals surface area (Å²) in [4.78, 5) is 27.9. The second kappa shape index (κ2) is 10.2. The van der Waals surface area contributed by atoms with Crippen LogP contribution in [0, 0.1) is 6.92 Å². The average molecular weight is 347 g/mol. The molecular weight excluding hydrogens is 318 g/mol. The van der Waals surface area contributed by atoms with E-state index in [-0.39, 0.29) is 11.8 Å². The lowest BCUT2D eigenvalue weighted by Gasteiger charge is -2.26. The Balaban J connectivity index is 1.71. The number of carbonyl (C=O) groups is 2. The van der Waals surface area contributed by atoms with E-state index in [0.717, 1.165) is 44.0 Å². The molecule has 6 nitrogen and oxygen atoms in total. The fraction of sp³-hybridized carbons (Fsp3) is 0.579. The van der Waals surface area contributed by atoms with Crippen LogP contribution in [0.1, 0.15) is 24.5 Å². The van der Waals surface area contributed by atoms with Gasteiger partial charge in [0.05, 0.1) is 13.2 Å². The molecule has 0 aliphatic carbocycles. The first-order valence-corrected chi connectivity index (χ1v) is 8.93. The summed E-state index contributed by atoms with van der Waals surface area (Å²) < 4.78 is 5.31. The highest BCUT2D eigenvalue weighted by Gasteiger charge is 2.14. The third kappa shape index (κ3) is 6.84. The van der Waals surface area contributed by atoms with Crippen LogP contribution < -0.4 is 5.32 Å². The van der Waals surface area contributed by atoms with Gasteiger partial charge in [-0.25, -0.2) is 0 Å². The zero-order valence-corrected chi connectivity index (χ0v) is 15.3. The van der Waals surface area contributed by atoms with E-state index in [9.17, 15) is 9.59 Å². The number of hydrogen-bond acceptors (Lipinski definition) is 4. The van der Waals surface area contributed by atoms with Gasteiger partial charge < -0.3 is 15.0 Å². The summed E-state index contributed by atoms with van der Waals surface area (Å²) in [6.45, 7) is 9.41. The molecule has 1 aliphatic heterocycles. The minimum Gasteiger partial charge on any atom is -0.379 e. The van der Waals surface area contributed by atoms with Gasteiger partial charge >= 0.3 is 0 Å². The molecule has 6 heteroatoms. The number of rotatable bonds is 8. The maximum atomic E-state index is 12.0. The normalized spacial score (nSPS) is 15.0. The van der Waals surface area contributed by atoms with E-state index in [1.54, 1.807) is 11.8 Å². The second-order valence-corrected chi connectivity index (χ2v) is 6.42. The summed E-state index contributed by atoms with van der Waals surface area (Å²) in [5.41, 5.74) is 2.27. The highest BCUT2D eigenvalue weighted by molar-refractivity contribution is 5.78. The number of hydrogen-bond donors (Lipinski definition) is 1. The van der Waals surface area contributed by atoms with Gasteiger partial charge in [-0.05, 0) is 18.1 Å². The first-order chi connectivity index (χ1) is 12.1. The molecule has 0 saturated carbocycles. The Kier molecular flexibility index (Phi) is 7.88. The van der Waals surface area contributed by atoms with Gasteiger partial charge in [-0.15, -0.1) is 0 Å². The van der Waals surface area contributed by atoms with Gasteiger partial charge in [0.1, 0.15) is 0 Å². The first-order valence-electron chi connectivity index (χ1n) is 8.93. The maximum Gasteiger partial charge on any atom is 0.221 e. The number of nitrogens with zero attached hydrogens (tertiary/aromatic N) is 2. The van der Waals surface area contributed by atoms with Crippen LogP contribution in [0.3, 0.4) is 0 Å². The Bertz CT molecular complexity index is 571. The fourth-order valence-corrected chi connectivity index (χ4v) is 2.84. The summed E-state index contributed by atoms with van der Waals surface area (Å²) in [6, 6.07) is 8.01. The van der Waals surface area contributed by atoms with Gasteiger partial charge in [0.15, 0.2) is 0 Å². The molecule has 0 unspecified atom stereocenters. The molecule has 0 atom stereocenters. The molecule has 2 rings (SSSR count). The third-order valence-corrected chi connectivity index (χ3v) is 4.53. The highest BCUT2D eigenvalue weighted by atomic mass is 16.5. The van der Waals surface area contributed by atoms with E-state index in [1.807, 2.05) is 31.2 Å². The predicted octanol–water partition coefficient (Wildman–Crippen LogP) is 1.18. The van der Waals surface area contributed by atoms with Gasteiger partial charge in [0.2, 0.25) is 11.8 Å². The smallest absolute Gasteiger partial charge is 0.221 e. The minimum absolute atomic E-state index is 0.00984. The van der Waals surface area contributed by atoms with E-state index in [0.29, 0.717) is 26.1 Å². The monoisotopic (exact) mass is 347 g/mol. The van der Waals surface area contributed by atoms with E-state index in [1.165, 1.54) is 0 Å². The summed E-state index contributed by atoms with van der Waals surface area (Å²) in [6.07, 6.45) is 0.328. The fourth-order valence-electron chi connectivity index (χ4n) is 2.84. The van der Waals surface area contributed by atoms with Crippen LogP contribution in [0.5, 0.6) is 0 Å². The Morgan fingerprint density at radius 1 is 1.24 bits per heavy atom. The Morgan fingerprint density at radius 3 is 2.64 bits per heavy atom. The number of aryl methyl sites for hydroxylation is 1. The molecule has 25 heavy (non-hydrogen) atoms. The van der Waals surface area contributed by atoms with Crippen molar-refractivity contribution in [3.8, 4) is 0 Å². The van der Waals surface area contributed by atoms with E-state index >= 15 is 0 Å². The average Bonchev–Trinajstić information content (AvgIpc) is 2.60. The van der Waals surface area contributed by atoms with Crippen LogP contribution in [0.25, 0.3) is 0 Å². The van der Waals surface area contributed by atoms with Crippen molar-refractivity contribution in [1.29, 1.82) is 0 Å². The number of amides is 2. The molecule has 138 valence electrons. The summed E-state index contributed by atoms with van der Waals surface area (Å²) >= 11 is 0. The third-order valence-electron chi connectivity index (χ3n) is 4.53. The van der Waals surface area contributed by atoms with Crippen LogP contribution in [0.15, 0.2) is 24.3 Å². The van der Waals surface area contributed by atoms with Gasteiger partial charge in [-0.1, -0.05) is 24.3 Å². The number of benzene rings is 1. The number of morpholine rings is 1. The van der Waals surface area contributed by atoms with Crippen molar-refractivity contribution in [1.82, 2.24) is 15.1 Å². The second-order valence-electron chi connectivity index (χ2n) is 6.42. The van der Waals surface area contributed by atoms with Crippen molar-refractivity contribution in [3.05, 3.63) is 35.4 Å². The SMILES string of the molecule is CC(=O)N(CCC(=O)NCCN1CCOCC1)Cc1ccccc1C. The largest absolute Gasteiger partial charge is 0.379 e. The molecule has 0 spiro atoms. The summed E-state index contributed by atoms with van der Waals surface area (Å²) in [7, 11) is 0. The van der Waals surface area contributed by atoms with E-state index in [2.05, 4.69) is 10.2 Å². The molecule has 1 saturated heterocycles. The van der Waals surface area contributed by atoms with Crippen molar-refractivity contribution in [3.63, 3.8) is 0 Å². The molecule has 1 heterocycles. The van der Waals surface area contributed by atoms with Gasteiger partial charge in [0.25, 0.3) is 0 Å². The molecule has 1 fully saturated rings. The van der Waals surface area contributed by atoms with Crippen LogP contribution in [-0.4, -0.2) is 67.6 Å². The Morgan fingerprint density at radius 2 is 1.96 bits per heavy atom. The van der Waals surface area contributed by atoms with Gasteiger partial charge in [-0.3, -0.25) is 14.5 Å². The van der Waals surface area contributed by atoms with Crippen molar-refractivity contribution in [2.45, 2.75) is 26.8 Å². The van der Waals surface area contributed by atoms with E-state index < -0.39 is 0 Å². The quantitative estimate of drug-likeness (QED) is 0.767. The van der Waals surface area contributed by atoms with Crippen molar-refractivity contribution < 1.29 is 14.3 Å². The lowest BCUT2D eigenvalue weighted by Crippen LogP contribution is -2.41. The van der Waals surface area contributed by atoms with Crippen molar-refractivity contribution in [2.75, 3.05) is 45.9 Å². The van der Waals surface area contributed by atoms with Crippen LogP contribution in [0.4, 0.5) is 0 Å². The lowest BCUT2D eigenvalue weighted by molar-refractivity contribution is -0.130. The van der Waals surface area contributed by atoms with Crippen LogP contribution in [0.2, 0.25) is 0 Å². The predicted molar refractivity (Wildman–Crippen MR) is 97.2 cm³/mol. The molecule has 1 aliphatic rings. The Labute approximate surface area is 150 Å². The molecule has 0 radical (unpaired) electrons. The zero-order valence-electron chi connectivity index (χ0n) is 15.3. The van der Waals surface area contributed by atoms with E-state index in [4.69, 9.17) is 4.74 Å². The topological polar surface area (TPSA) is 61.9 Å². The van der Waals surface area contributed by atoms with Crippen molar-refractivity contribution >= 4 is 11.8 Å². The first kappa shape index (κ1) is 19.4. The maximum absolute atomic E-state index is 12.0. The zero-order chi connectivity index (χ0) is 18.1. The number of nitrogens with one attached hydrogen (secondary N) is 1. The molecule has 0 bridgehead atoms. The molecule has 2 amide bonds. The molecular formula is C19H29N3O3. The van der Waals surface area contributed by atoms with Crippen molar-refractivity contribution in [2.24, 2.45) is 0 Å².